The zero-order valence-electron chi connectivity index (χ0n) is 14.9. The van der Waals surface area contributed by atoms with Gasteiger partial charge in [-0.2, -0.15) is 0 Å². The van der Waals surface area contributed by atoms with Crippen LogP contribution in [-0.4, -0.2) is 25.7 Å². The Morgan fingerprint density at radius 3 is 2.54 bits per heavy atom. The van der Waals surface area contributed by atoms with Crippen LogP contribution in [-0.2, 0) is 4.79 Å². The van der Waals surface area contributed by atoms with Gasteiger partial charge < -0.3 is 14.8 Å². The van der Waals surface area contributed by atoms with E-state index in [9.17, 15) is 4.79 Å². The predicted molar refractivity (Wildman–Crippen MR) is 106 cm³/mol. The van der Waals surface area contributed by atoms with Crippen LogP contribution in [0.25, 0.3) is 0 Å². The molecular weight excluding hydrogens is 394 g/mol. The highest BCUT2D eigenvalue weighted by atomic mass is 79.9. The van der Waals surface area contributed by atoms with Crippen LogP contribution in [0.5, 0.6) is 11.5 Å². The minimum absolute atomic E-state index is 0.0305. The number of carbonyl (C=O) groups excluding carboxylic acids is 1. The van der Waals surface area contributed by atoms with Crippen molar-refractivity contribution in [3.05, 3.63) is 58.6 Å². The van der Waals surface area contributed by atoms with Crippen LogP contribution in [0.2, 0.25) is 0 Å². The summed E-state index contributed by atoms with van der Waals surface area (Å²) in [6.07, 6.45) is 0. The normalized spacial score (nSPS) is 10.0. The van der Waals surface area contributed by atoms with Crippen molar-refractivity contribution >= 4 is 21.8 Å². The molecule has 0 saturated carbocycles. The van der Waals surface area contributed by atoms with Crippen molar-refractivity contribution in [1.29, 1.82) is 0 Å². The largest absolute Gasteiger partial charge is 0.484 e. The molecule has 136 valence electrons. The highest BCUT2D eigenvalue weighted by Gasteiger charge is 2.03. The second kappa shape index (κ2) is 10.5. The summed E-state index contributed by atoms with van der Waals surface area (Å²) >= 11 is 3.38. The Morgan fingerprint density at radius 2 is 1.85 bits per heavy atom. The first-order valence-electron chi connectivity index (χ1n) is 8.38. The third-order valence-electron chi connectivity index (χ3n) is 3.52. The number of hydrogen-bond acceptors (Lipinski definition) is 3. The summed E-state index contributed by atoms with van der Waals surface area (Å²) in [7, 11) is 0. The molecule has 0 bridgehead atoms. The molecule has 0 atom stereocenters. The van der Waals surface area contributed by atoms with Gasteiger partial charge in [0.25, 0.3) is 5.91 Å². The smallest absolute Gasteiger partial charge is 0.258 e. The molecule has 2 rings (SSSR count). The van der Waals surface area contributed by atoms with Crippen molar-refractivity contribution in [1.82, 2.24) is 5.32 Å². The predicted octanol–water partition coefficient (Wildman–Crippen LogP) is 4.15. The molecule has 0 radical (unpaired) electrons. The summed E-state index contributed by atoms with van der Waals surface area (Å²) in [5, 5.41) is 2.69. The Balaban J connectivity index is 1.63. The zero-order chi connectivity index (χ0) is 18.8. The van der Waals surface area contributed by atoms with Gasteiger partial charge in [-0.15, -0.1) is 0 Å². The van der Waals surface area contributed by atoms with Crippen LogP contribution >= 0.6 is 15.9 Å². The number of carbonyl (C=O) groups is 1. The summed E-state index contributed by atoms with van der Waals surface area (Å²) in [6, 6.07) is 15.3. The van der Waals surface area contributed by atoms with E-state index in [1.807, 2.05) is 48.5 Å². The minimum atomic E-state index is -0.208. The Labute approximate surface area is 163 Å². The van der Waals surface area contributed by atoms with Crippen LogP contribution in [0.15, 0.2) is 53.0 Å². The second-order valence-corrected chi connectivity index (χ2v) is 6.80. The molecule has 0 heterocycles. The summed E-state index contributed by atoms with van der Waals surface area (Å²) in [5.74, 6) is 7.39. The van der Waals surface area contributed by atoms with Gasteiger partial charge in [0.1, 0.15) is 18.1 Å². The standard InChI is InChI=1S/C21H22BrNO3/c1-16(2)17-8-10-19(11-9-17)26-15-21(24)23-12-3-4-13-25-20-7-5-6-18(22)14-20/h5-11,14,16H,12-13,15H2,1-2H3,(H,23,24). The zero-order valence-corrected chi connectivity index (χ0v) is 16.5. The number of hydrogen-bond donors (Lipinski definition) is 1. The van der Waals surface area contributed by atoms with Gasteiger partial charge in [-0.05, 0) is 41.8 Å². The van der Waals surface area contributed by atoms with E-state index in [1.54, 1.807) is 0 Å². The van der Waals surface area contributed by atoms with E-state index in [0.717, 1.165) is 10.2 Å². The molecule has 1 N–H and O–H groups in total. The molecule has 2 aromatic rings. The first kappa shape index (κ1) is 19.9. The first-order valence-corrected chi connectivity index (χ1v) is 9.17. The lowest BCUT2D eigenvalue weighted by atomic mass is 10.0. The molecule has 0 spiro atoms. The van der Waals surface area contributed by atoms with Crippen molar-refractivity contribution in [3.63, 3.8) is 0 Å². The number of nitrogens with one attached hydrogen (secondary N) is 1. The number of benzene rings is 2. The Hall–Kier alpha value is -2.45. The summed E-state index contributed by atoms with van der Waals surface area (Å²) < 4.78 is 11.9. The average Bonchev–Trinajstić information content (AvgIpc) is 2.63. The fourth-order valence-electron chi connectivity index (χ4n) is 2.08. The van der Waals surface area contributed by atoms with Crippen LogP contribution in [0.3, 0.4) is 0 Å². The molecule has 0 fully saturated rings. The molecular formula is C21H22BrNO3. The highest BCUT2D eigenvalue weighted by molar-refractivity contribution is 9.10. The second-order valence-electron chi connectivity index (χ2n) is 5.89. The van der Waals surface area contributed by atoms with Gasteiger partial charge in [0.05, 0.1) is 6.54 Å². The van der Waals surface area contributed by atoms with E-state index in [4.69, 9.17) is 9.47 Å². The lowest BCUT2D eigenvalue weighted by Crippen LogP contribution is -2.29. The van der Waals surface area contributed by atoms with Gasteiger partial charge in [0.15, 0.2) is 6.61 Å². The number of ether oxygens (including phenoxy) is 2. The van der Waals surface area contributed by atoms with Crippen molar-refractivity contribution in [2.24, 2.45) is 0 Å². The Kier molecular flexibility index (Phi) is 8.04. The van der Waals surface area contributed by atoms with Gasteiger partial charge in [-0.3, -0.25) is 4.79 Å². The lowest BCUT2D eigenvalue weighted by molar-refractivity contribution is -0.122. The van der Waals surface area contributed by atoms with E-state index in [2.05, 4.69) is 46.9 Å². The fourth-order valence-corrected chi connectivity index (χ4v) is 2.46. The number of rotatable bonds is 7. The van der Waals surface area contributed by atoms with Crippen LogP contribution < -0.4 is 14.8 Å². The molecule has 0 aliphatic rings. The van der Waals surface area contributed by atoms with Gasteiger partial charge in [0.2, 0.25) is 0 Å². The van der Waals surface area contributed by atoms with E-state index in [1.165, 1.54) is 5.56 Å². The topological polar surface area (TPSA) is 47.6 Å². The van der Waals surface area contributed by atoms with Crippen LogP contribution in [0.1, 0.15) is 25.3 Å². The van der Waals surface area contributed by atoms with E-state index in [0.29, 0.717) is 11.7 Å². The highest BCUT2D eigenvalue weighted by Crippen LogP contribution is 2.18. The van der Waals surface area contributed by atoms with Crippen LogP contribution in [0, 0.1) is 11.8 Å². The maximum atomic E-state index is 11.7. The maximum Gasteiger partial charge on any atom is 0.258 e. The summed E-state index contributed by atoms with van der Waals surface area (Å²) in [4.78, 5) is 11.7. The monoisotopic (exact) mass is 415 g/mol. The van der Waals surface area contributed by atoms with Gasteiger partial charge in [-0.1, -0.05) is 59.8 Å². The van der Waals surface area contributed by atoms with Gasteiger partial charge >= 0.3 is 0 Å². The molecule has 26 heavy (non-hydrogen) atoms. The lowest BCUT2D eigenvalue weighted by Gasteiger charge is -2.08. The van der Waals surface area contributed by atoms with Crippen LogP contribution in [0.4, 0.5) is 0 Å². The quantitative estimate of drug-likeness (QED) is 0.690. The molecule has 0 aliphatic carbocycles. The number of halogens is 1. The molecule has 0 saturated heterocycles. The molecule has 4 nitrogen and oxygen atoms in total. The van der Waals surface area contributed by atoms with E-state index < -0.39 is 0 Å². The molecule has 5 heteroatoms. The fraction of sp³-hybridized carbons (Fsp3) is 0.286. The SMILES string of the molecule is CC(C)c1ccc(OCC(=O)NCC#CCOc2cccc(Br)c2)cc1. The van der Waals surface area contributed by atoms with E-state index in [-0.39, 0.29) is 25.7 Å². The molecule has 0 unspecified atom stereocenters. The van der Waals surface area contributed by atoms with Gasteiger partial charge in [0, 0.05) is 4.47 Å². The number of amides is 1. The van der Waals surface area contributed by atoms with E-state index >= 15 is 0 Å². The molecule has 0 aliphatic heterocycles. The maximum absolute atomic E-state index is 11.7. The molecule has 1 amide bonds. The Bertz CT molecular complexity index is 776. The van der Waals surface area contributed by atoms with Crippen molar-refractivity contribution in [2.45, 2.75) is 19.8 Å². The average molecular weight is 416 g/mol. The van der Waals surface area contributed by atoms with Crippen molar-refractivity contribution in [3.8, 4) is 23.3 Å². The molecule has 2 aromatic carbocycles. The summed E-state index contributed by atoms with van der Waals surface area (Å²) in [6.45, 7) is 4.76. The van der Waals surface area contributed by atoms with Crippen molar-refractivity contribution in [2.75, 3.05) is 19.8 Å². The Morgan fingerprint density at radius 1 is 1.08 bits per heavy atom. The molecule has 0 aromatic heterocycles. The minimum Gasteiger partial charge on any atom is -0.484 e. The third-order valence-corrected chi connectivity index (χ3v) is 4.02. The van der Waals surface area contributed by atoms with Crippen molar-refractivity contribution < 1.29 is 14.3 Å². The third kappa shape index (κ3) is 7.20. The summed E-state index contributed by atoms with van der Waals surface area (Å²) in [5.41, 5.74) is 1.24. The van der Waals surface area contributed by atoms with Gasteiger partial charge in [-0.25, -0.2) is 0 Å². The first-order chi connectivity index (χ1) is 12.5.